The van der Waals surface area contributed by atoms with E-state index >= 15 is 0 Å². The molecule has 0 saturated heterocycles. The first-order valence-corrected chi connectivity index (χ1v) is 24.6. The number of aliphatic carboxylic acids is 1. The van der Waals surface area contributed by atoms with E-state index in [2.05, 4.69) is 36.6 Å². The zero-order valence-electron chi connectivity index (χ0n) is 37.8. The number of esters is 1. The van der Waals surface area contributed by atoms with E-state index in [9.17, 15) is 19.2 Å². The zero-order valence-corrected chi connectivity index (χ0v) is 37.8. The van der Waals surface area contributed by atoms with Crippen LogP contribution in [-0.2, 0) is 23.9 Å². The molecule has 9 heteroatoms. The fourth-order valence-corrected chi connectivity index (χ4v) is 7.45. The number of amides is 2. The van der Waals surface area contributed by atoms with Crippen LogP contribution in [0.1, 0.15) is 251 Å². The maximum absolute atomic E-state index is 12.8. The summed E-state index contributed by atoms with van der Waals surface area (Å²) in [7, 11) is 0. The number of hydrogen-bond acceptors (Lipinski definition) is 6. The molecule has 4 N–H and O–H groups in total. The van der Waals surface area contributed by atoms with Crippen molar-refractivity contribution in [1.29, 1.82) is 0 Å². The van der Waals surface area contributed by atoms with Crippen molar-refractivity contribution in [2.75, 3.05) is 13.2 Å². The number of rotatable bonds is 45. The molecule has 0 spiro atoms. The summed E-state index contributed by atoms with van der Waals surface area (Å²) in [6.45, 7) is 3.48. The summed E-state index contributed by atoms with van der Waals surface area (Å²) in [4.78, 5) is 47.7. The third-order valence-corrected chi connectivity index (χ3v) is 11.2. The Morgan fingerprint density at radius 1 is 0.517 bits per heavy atom. The number of hydrogen-bond donors (Lipinski definition) is 4. The summed E-state index contributed by atoms with van der Waals surface area (Å²) >= 11 is 0. The molecule has 0 radical (unpaired) electrons. The normalized spacial score (nSPS) is 12.5. The quantitative estimate of drug-likeness (QED) is 0.0272. The predicted molar refractivity (Wildman–Crippen MR) is 241 cm³/mol. The van der Waals surface area contributed by atoms with Crippen molar-refractivity contribution in [1.82, 2.24) is 10.6 Å². The minimum Gasteiger partial charge on any atom is -0.480 e. The van der Waals surface area contributed by atoms with E-state index in [0.29, 0.717) is 12.8 Å². The van der Waals surface area contributed by atoms with Crippen LogP contribution < -0.4 is 10.6 Å². The SMILES string of the molecule is CCCCCCCCC/C=C\C(CCCCCCC(=O)NCC(=O)NC(CO)C(=O)O)OC(=O)CCCCCCCCCCCCCCCCCCCCCCCC. The molecule has 0 aromatic rings. The summed E-state index contributed by atoms with van der Waals surface area (Å²) in [5.74, 6) is -2.37. The number of carbonyl (C=O) groups excluding carboxylic acids is 3. The van der Waals surface area contributed by atoms with Crippen molar-refractivity contribution in [3.8, 4) is 0 Å². The molecule has 2 amide bonds. The van der Waals surface area contributed by atoms with Gasteiger partial charge in [0.1, 0.15) is 12.1 Å². The van der Waals surface area contributed by atoms with Crippen molar-refractivity contribution < 1.29 is 34.1 Å². The summed E-state index contributed by atoms with van der Waals surface area (Å²) < 4.78 is 5.94. The van der Waals surface area contributed by atoms with Crippen LogP contribution in [0.2, 0.25) is 0 Å². The van der Waals surface area contributed by atoms with Crippen molar-refractivity contribution in [2.45, 2.75) is 264 Å². The lowest BCUT2D eigenvalue weighted by molar-refractivity contribution is -0.147. The Bertz CT molecular complexity index is 988. The third-order valence-electron chi connectivity index (χ3n) is 11.2. The maximum atomic E-state index is 12.8. The number of nitrogens with one attached hydrogen (secondary N) is 2. The van der Waals surface area contributed by atoms with Gasteiger partial charge in [-0.3, -0.25) is 14.4 Å². The van der Waals surface area contributed by atoms with Gasteiger partial charge in [-0.25, -0.2) is 4.79 Å². The van der Waals surface area contributed by atoms with Crippen molar-refractivity contribution in [3.63, 3.8) is 0 Å². The van der Waals surface area contributed by atoms with Crippen LogP contribution in [0.3, 0.4) is 0 Å². The highest BCUT2D eigenvalue weighted by atomic mass is 16.5. The van der Waals surface area contributed by atoms with E-state index in [4.69, 9.17) is 14.9 Å². The Morgan fingerprint density at radius 2 is 0.914 bits per heavy atom. The molecule has 0 bridgehead atoms. The maximum Gasteiger partial charge on any atom is 0.328 e. The Hall–Kier alpha value is -2.42. The second kappa shape index (κ2) is 44.1. The van der Waals surface area contributed by atoms with Crippen LogP contribution in [0.4, 0.5) is 0 Å². The monoisotopic (exact) mass is 821 g/mol. The number of allylic oxidation sites excluding steroid dienone is 1. The predicted octanol–water partition coefficient (Wildman–Crippen LogP) is 12.6. The summed E-state index contributed by atoms with van der Waals surface area (Å²) in [5, 5.41) is 22.6. The molecule has 58 heavy (non-hydrogen) atoms. The molecule has 9 nitrogen and oxygen atoms in total. The van der Waals surface area contributed by atoms with Gasteiger partial charge < -0.3 is 25.6 Å². The van der Waals surface area contributed by atoms with E-state index in [1.165, 1.54) is 167 Å². The molecular formula is C49H92N2O7. The summed E-state index contributed by atoms with van der Waals surface area (Å²) in [6.07, 6.45) is 48.4. The molecule has 0 rings (SSSR count). The lowest BCUT2D eigenvalue weighted by Gasteiger charge is -2.15. The van der Waals surface area contributed by atoms with E-state index in [0.717, 1.165) is 51.4 Å². The fourth-order valence-electron chi connectivity index (χ4n) is 7.45. The highest BCUT2D eigenvalue weighted by Gasteiger charge is 2.19. The first-order chi connectivity index (χ1) is 28.3. The van der Waals surface area contributed by atoms with E-state index in [1.54, 1.807) is 0 Å². The summed E-state index contributed by atoms with van der Waals surface area (Å²) in [6, 6.07) is -1.39. The number of aliphatic hydroxyl groups excluding tert-OH is 1. The van der Waals surface area contributed by atoms with Crippen LogP contribution in [-0.4, -0.2) is 59.3 Å². The molecular weight excluding hydrogens is 729 g/mol. The molecule has 2 atom stereocenters. The van der Waals surface area contributed by atoms with Gasteiger partial charge in [0, 0.05) is 12.8 Å². The third kappa shape index (κ3) is 40.4. The molecule has 0 saturated carbocycles. The second-order valence-electron chi connectivity index (χ2n) is 16.9. The molecule has 340 valence electrons. The number of aliphatic hydroxyl groups is 1. The molecule has 2 unspecified atom stereocenters. The largest absolute Gasteiger partial charge is 0.480 e. The number of unbranched alkanes of at least 4 members (excludes halogenated alkanes) is 31. The van der Waals surface area contributed by atoms with Gasteiger partial charge in [0.25, 0.3) is 0 Å². The standard InChI is InChI=1S/C49H92N2O7/c1-3-5-7-9-11-13-14-15-16-17-18-19-20-21-22-23-24-25-27-29-31-37-41-48(55)58-44(38-34-30-28-26-12-10-8-6-4-2)39-35-32-33-36-40-46(53)50-42-47(54)51-45(43-52)49(56)57/h34,38,44-45,52H,3-33,35-37,39-43H2,1-2H3,(H,50,53)(H,51,54)(H,56,57)/b38-34-. The molecule has 0 aliphatic heterocycles. The second-order valence-corrected chi connectivity index (χ2v) is 16.9. The van der Waals surface area contributed by atoms with Gasteiger partial charge in [-0.1, -0.05) is 206 Å². The lowest BCUT2D eigenvalue weighted by Crippen LogP contribution is -2.47. The number of ether oxygens (including phenoxy) is 1. The average Bonchev–Trinajstić information content (AvgIpc) is 3.21. The van der Waals surface area contributed by atoms with Crippen LogP contribution in [0, 0.1) is 0 Å². The van der Waals surface area contributed by atoms with Gasteiger partial charge in [-0.05, 0) is 44.6 Å². The molecule has 0 heterocycles. The van der Waals surface area contributed by atoms with E-state index in [1.807, 2.05) is 0 Å². The van der Waals surface area contributed by atoms with Crippen LogP contribution >= 0.6 is 0 Å². The number of carbonyl (C=O) groups is 4. The molecule has 0 aromatic carbocycles. The van der Waals surface area contributed by atoms with Gasteiger partial charge in [0.05, 0.1) is 13.2 Å². The van der Waals surface area contributed by atoms with Crippen molar-refractivity contribution in [3.05, 3.63) is 12.2 Å². The smallest absolute Gasteiger partial charge is 0.328 e. The van der Waals surface area contributed by atoms with Crippen molar-refractivity contribution in [2.24, 2.45) is 0 Å². The highest BCUT2D eigenvalue weighted by molar-refractivity contribution is 5.87. The van der Waals surface area contributed by atoms with Gasteiger partial charge in [0.2, 0.25) is 11.8 Å². The molecule has 0 aliphatic rings. The Morgan fingerprint density at radius 3 is 1.34 bits per heavy atom. The first kappa shape index (κ1) is 55.6. The van der Waals surface area contributed by atoms with Gasteiger partial charge in [-0.15, -0.1) is 0 Å². The highest BCUT2D eigenvalue weighted by Crippen LogP contribution is 2.17. The fraction of sp³-hybridized carbons (Fsp3) is 0.878. The Balaban J connectivity index is 4.11. The lowest BCUT2D eigenvalue weighted by atomic mass is 10.0. The van der Waals surface area contributed by atoms with Gasteiger partial charge >= 0.3 is 11.9 Å². The van der Waals surface area contributed by atoms with E-state index in [-0.39, 0.29) is 30.9 Å². The molecule has 0 fully saturated rings. The van der Waals surface area contributed by atoms with Gasteiger partial charge in [0.15, 0.2) is 0 Å². The number of carboxylic acid groups (broad SMARTS) is 1. The minimum atomic E-state index is -1.39. The molecule has 0 aromatic heterocycles. The summed E-state index contributed by atoms with van der Waals surface area (Å²) in [5.41, 5.74) is 0. The topological polar surface area (TPSA) is 142 Å². The van der Waals surface area contributed by atoms with Gasteiger partial charge in [-0.2, -0.15) is 0 Å². The first-order valence-electron chi connectivity index (χ1n) is 24.6. The van der Waals surface area contributed by atoms with Crippen LogP contribution in [0.25, 0.3) is 0 Å². The van der Waals surface area contributed by atoms with Crippen LogP contribution in [0.15, 0.2) is 12.2 Å². The zero-order chi connectivity index (χ0) is 42.6. The van der Waals surface area contributed by atoms with E-state index < -0.39 is 24.5 Å². The average molecular weight is 821 g/mol. The Labute approximate surface area is 356 Å². The Kier molecular flexibility index (Phi) is 42.3. The minimum absolute atomic E-state index is 0.104. The molecule has 0 aliphatic carbocycles. The van der Waals surface area contributed by atoms with Crippen molar-refractivity contribution >= 4 is 23.8 Å². The number of carboxylic acids is 1. The van der Waals surface area contributed by atoms with Crippen LogP contribution in [0.5, 0.6) is 0 Å².